The highest BCUT2D eigenvalue weighted by molar-refractivity contribution is 5.82. The molecule has 0 aromatic heterocycles. The topological polar surface area (TPSA) is 32.3 Å². The lowest BCUT2D eigenvalue weighted by atomic mass is 9.74. The molecule has 0 aromatic carbocycles. The van der Waals surface area contributed by atoms with E-state index in [1.807, 2.05) is 0 Å². The van der Waals surface area contributed by atoms with Gasteiger partial charge in [0.2, 0.25) is 5.91 Å². The van der Waals surface area contributed by atoms with Crippen molar-refractivity contribution in [2.45, 2.75) is 91.8 Å². The SMILES string of the molecule is C[C@H]1C[C@H](N(C(=O)C(C)(C)C)C2CCC(C)(C)CC2)CN1. The molecule has 2 aliphatic rings. The standard InChI is InChI=1S/C18H34N2O/c1-13-11-15(12-19-13)20(16(21)17(2,3)4)14-7-9-18(5,6)10-8-14/h13-15,19H,7-12H2,1-6H3/t13-,15-/m0/s1. The molecular weight excluding hydrogens is 260 g/mol. The van der Waals surface area contributed by atoms with Crippen LogP contribution < -0.4 is 5.32 Å². The number of hydrogen-bond donors (Lipinski definition) is 1. The van der Waals surface area contributed by atoms with Crippen molar-refractivity contribution >= 4 is 5.91 Å². The lowest BCUT2D eigenvalue weighted by Gasteiger charge is -2.45. The fraction of sp³-hybridized carbons (Fsp3) is 0.944. The second-order valence-corrected chi connectivity index (χ2v) is 9.06. The maximum Gasteiger partial charge on any atom is 0.228 e. The number of rotatable bonds is 2. The van der Waals surface area contributed by atoms with Crippen LogP contribution in [0.2, 0.25) is 0 Å². The average Bonchev–Trinajstić information content (AvgIpc) is 2.77. The van der Waals surface area contributed by atoms with Gasteiger partial charge in [0.1, 0.15) is 0 Å². The second-order valence-electron chi connectivity index (χ2n) is 9.06. The maximum atomic E-state index is 13.0. The first-order valence-corrected chi connectivity index (χ1v) is 8.66. The molecule has 1 saturated heterocycles. The van der Waals surface area contributed by atoms with Gasteiger partial charge in [0.05, 0.1) is 0 Å². The Balaban J connectivity index is 2.15. The first-order valence-electron chi connectivity index (χ1n) is 8.66. The molecule has 0 unspecified atom stereocenters. The smallest absolute Gasteiger partial charge is 0.228 e. The molecule has 2 fully saturated rings. The van der Waals surface area contributed by atoms with Gasteiger partial charge in [-0.3, -0.25) is 4.79 Å². The van der Waals surface area contributed by atoms with Crippen LogP contribution in [0.15, 0.2) is 0 Å². The van der Waals surface area contributed by atoms with E-state index in [1.54, 1.807) is 0 Å². The van der Waals surface area contributed by atoms with Crippen LogP contribution in [0.3, 0.4) is 0 Å². The van der Waals surface area contributed by atoms with Crippen molar-refractivity contribution in [3.8, 4) is 0 Å². The normalized spacial score (nSPS) is 30.4. The van der Waals surface area contributed by atoms with E-state index in [2.05, 4.69) is 51.8 Å². The summed E-state index contributed by atoms with van der Waals surface area (Å²) in [6.45, 7) is 14.1. The summed E-state index contributed by atoms with van der Waals surface area (Å²) in [5.41, 5.74) is 0.174. The maximum absolute atomic E-state index is 13.0. The van der Waals surface area contributed by atoms with Crippen LogP contribution in [0.1, 0.15) is 73.6 Å². The molecule has 1 heterocycles. The Hall–Kier alpha value is -0.570. The lowest BCUT2D eigenvalue weighted by Crippen LogP contribution is -2.53. The minimum Gasteiger partial charge on any atom is -0.335 e. The molecule has 0 bridgehead atoms. The second kappa shape index (κ2) is 5.91. The lowest BCUT2D eigenvalue weighted by molar-refractivity contribution is -0.145. The quantitative estimate of drug-likeness (QED) is 0.844. The van der Waals surface area contributed by atoms with Crippen molar-refractivity contribution in [2.24, 2.45) is 10.8 Å². The van der Waals surface area contributed by atoms with E-state index in [-0.39, 0.29) is 5.41 Å². The zero-order valence-corrected chi connectivity index (χ0v) is 14.8. The van der Waals surface area contributed by atoms with Crippen LogP contribution >= 0.6 is 0 Å². The molecule has 1 aliphatic carbocycles. The summed E-state index contributed by atoms with van der Waals surface area (Å²) < 4.78 is 0. The van der Waals surface area contributed by atoms with Gasteiger partial charge in [-0.2, -0.15) is 0 Å². The highest BCUT2D eigenvalue weighted by Gasteiger charge is 2.41. The summed E-state index contributed by atoms with van der Waals surface area (Å²) in [6, 6.07) is 1.37. The van der Waals surface area contributed by atoms with Gasteiger partial charge >= 0.3 is 0 Å². The number of carbonyl (C=O) groups is 1. The van der Waals surface area contributed by atoms with Gasteiger partial charge in [0.15, 0.2) is 0 Å². The number of hydrogen-bond acceptors (Lipinski definition) is 2. The Morgan fingerprint density at radius 2 is 1.71 bits per heavy atom. The molecule has 2 rings (SSSR count). The number of nitrogens with zero attached hydrogens (tertiary/aromatic N) is 1. The summed E-state index contributed by atoms with van der Waals surface area (Å²) in [5, 5.41) is 3.52. The predicted octanol–water partition coefficient (Wildman–Crippen LogP) is 3.58. The average molecular weight is 294 g/mol. The van der Waals surface area contributed by atoms with Gasteiger partial charge in [-0.1, -0.05) is 34.6 Å². The number of amides is 1. The van der Waals surface area contributed by atoms with E-state index in [9.17, 15) is 4.79 Å². The molecule has 1 amide bonds. The third-order valence-electron chi connectivity index (χ3n) is 5.30. The monoisotopic (exact) mass is 294 g/mol. The van der Waals surface area contributed by atoms with Crippen LogP contribution in [0.5, 0.6) is 0 Å². The zero-order chi connectivity index (χ0) is 15.8. The summed E-state index contributed by atoms with van der Waals surface area (Å²) in [7, 11) is 0. The van der Waals surface area contributed by atoms with Gasteiger partial charge in [-0.25, -0.2) is 0 Å². The Bertz CT molecular complexity index is 373. The van der Waals surface area contributed by atoms with E-state index >= 15 is 0 Å². The molecule has 0 spiro atoms. The summed E-state index contributed by atoms with van der Waals surface area (Å²) in [5.74, 6) is 0.341. The summed E-state index contributed by atoms with van der Waals surface area (Å²) >= 11 is 0. The van der Waals surface area contributed by atoms with Gasteiger partial charge in [0.25, 0.3) is 0 Å². The fourth-order valence-electron chi connectivity index (χ4n) is 3.80. The largest absolute Gasteiger partial charge is 0.335 e. The molecule has 0 radical (unpaired) electrons. The van der Waals surface area contributed by atoms with E-state index in [0.717, 1.165) is 13.0 Å². The van der Waals surface area contributed by atoms with Crippen LogP contribution in [0, 0.1) is 10.8 Å². The first kappa shape index (κ1) is 16.8. The number of nitrogens with one attached hydrogen (secondary N) is 1. The minimum absolute atomic E-state index is 0.279. The summed E-state index contributed by atoms with van der Waals surface area (Å²) in [4.78, 5) is 15.3. The highest BCUT2D eigenvalue weighted by Crippen LogP contribution is 2.39. The van der Waals surface area contributed by atoms with Gasteiger partial charge < -0.3 is 10.2 Å². The van der Waals surface area contributed by atoms with Gasteiger partial charge in [0, 0.05) is 30.1 Å². The van der Waals surface area contributed by atoms with Crippen molar-refractivity contribution in [3.05, 3.63) is 0 Å². The van der Waals surface area contributed by atoms with Crippen LogP contribution in [-0.4, -0.2) is 35.5 Å². The van der Waals surface area contributed by atoms with Crippen LogP contribution in [0.4, 0.5) is 0 Å². The van der Waals surface area contributed by atoms with E-state index in [1.165, 1.54) is 25.7 Å². The number of carbonyl (C=O) groups excluding carboxylic acids is 1. The Morgan fingerprint density at radius 3 is 2.14 bits per heavy atom. The first-order chi connectivity index (χ1) is 9.60. The zero-order valence-electron chi connectivity index (χ0n) is 14.8. The van der Waals surface area contributed by atoms with Crippen molar-refractivity contribution in [2.75, 3.05) is 6.54 Å². The van der Waals surface area contributed by atoms with Crippen molar-refractivity contribution < 1.29 is 4.79 Å². The molecular formula is C18H34N2O. The molecule has 3 heteroatoms. The fourth-order valence-corrected chi connectivity index (χ4v) is 3.80. The summed E-state index contributed by atoms with van der Waals surface area (Å²) in [6.07, 6.45) is 5.91. The molecule has 122 valence electrons. The van der Waals surface area contributed by atoms with Crippen molar-refractivity contribution in [1.29, 1.82) is 0 Å². The van der Waals surface area contributed by atoms with E-state index < -0.39 is 0 Å². The third-order valence-corrected chi connectivity index (χ3v) is 5.30. The third kappa shape index (κ3) is 4.00. The Labute approximate surface area is 130 Å². The van der Waals surface area contributed by atoms with E-state index in [0.29, 0.717) is 29.4 Å². The van der Waals surface area contributed by atoms with Crippen molar-refractivity contribution in [3.63, 3.8) is 0 Å². The minimum atomic E-state index is -0.279. The van der Waals surface area contributed by atoms with Crippen molar-refractivity contribution in [1.82, 2.24) is 10.2 Å². The Kier molecular flexibility index (Phi) is 4.72. The van der Waals surface area contributed by atoms with Gasteiger partial charge in [-0.15, -0.1) is 0 Å². The van der Waals surface area contributed by atoms with Crippen LogP contribution in [-0.2, 0) is 4.79 Å². The van der Waals surface area contributed by atoms with Crippen LogP contribution in [0.25, 0.3) is 0 Å². The van der Waals surface area contributed by atoms with E-state index in [4.69, 9.17) is 0 Å². The predicted molar refractivity (Wildman–Crippen MR) is 88.2 cm³/mol. The molecule has 1 aliphatic heterocycles. The van der Waals surface area contributed by atoms with Gasteiger partial charge in [-0.05, 0) is 44.4 Å². The molecule has 1 N–H and O–H groups in total. The highest BCUT2D eigenvalue weighted by atomic mass is 16.2. The Morgan fingerprint density at radius 1 is 1.14 bits per heavy atom. The molecule has 0 aromatic rings. The molecule has 21 heavy (non-hydrogen) atoms. The molecule has 3 nitrogen and oxygen atoms in total. The molecule has 1 saturated carbocycles. The molecule has 2 atom stereocenters.